The fraction of sp³-hybridized carbons (Fsp3) is 0.556. The van der Waals surface area contributed by atoms with Gasteiger partial charge in [-0.25, -0.2) is 4.98 Å². The molecular weight excluding hydrogens is 182 g/mol. The molecule has 0 saturated heterocycles. The van der Waals surface area contributed by atoms with Crippen LogP contribution in [-0.4, -0.2) is 27.1 Å². The first-order valence-corrected chi connectivity index (χ1v) is 4.64. The van der Waals surface area contributed by atoms with Crippen molar-refractivity contribution in [2.24, 2.45) is 5.73 Å². The molecule has 14 heavy (non-hydrogen) atoms. The molecule has 0 aliphatic rings. The molecule has 1 aromatic heterocycles. The number of carboxylic acid groups (broad SMARTS) is 1. The number of hydrogen-bond acceptors (Lipinski definition) is 3. The number of nitrogens with zero attached hydrogens (tertiary/aromatic N) is 1. The highest BCUT2D eigenvalue weighted by Crippen LogP contribution is 2.02. The number of nitrogens with two attached hydrogens (primary N) is 1. The molecule has 0 aromatic carbocycles. The molecule has 5 nitrogen and oxygen atoms in total. The van der Waals surface area contributed by atoms with Crippen LogP contribution in [0.5, 0.6) is 0 Å². The molecule has 0 spiro atoms. The maximum absolute atomic E-state index is 10.5. The standard InChI is InChI=1S/C9H15N3O2/c1-2-3-6-5-11-8(12-6)4-7(10)9(13)14/h5,7H,2-4,10H2,1H3,(H,11,12)(H,13,14). The summed E-state index contributed by atoms with van der Waals surface area (Å²) in [6, 6.07) is -0.879. The third-order valence-corrected chi connectivity index (χ3v) is 1.93. The highest BCUT2D eigenvalue weighted by molar-refractivity contribution is 5.73. The molecule has 0 fully saturated rings. The van der Waals surface area contributed by atoms with Crippen molar-refractivity contribution in [1.29, 1.82) is 0 Å². The molecule has 0 aliphatic heterocycles. The molecule has 0 bridgehead atoms. The average Bonchev–Trinajstić information content (AvgIpc) is 2.53. The van der Waals surface area contributed by atoms with Gasteiger partial charge in [0.25, 0.3) is 0 Å². The van der Waals surface area contributed by atoms with Gasteiger partial charge in [-0.05, 0) is 6.42 Å². The Morgan fingerprint density at radius 3 is 3.07 bits per heavy atom. The van der Waals surface area contributed by atoms with Gasteiger partial charge in [0, 0.05) is 18.3 Å². The Kier molecular flexibility index (Phi) is 3.64. The molecule has 1 atom stereocenters. The lowest BCUT2D eigenvalue weighted by Crippen LogP contribution is -2.32. The number of imidazole rings is 1. The van der Waals surface area contributed by atoms with Crippen LogP contribution in [0, 0.1) is 0 Å². The van der Waals surface area contributed by atoms with Gasteiger partial charge in [0.05, 0.1) is 0 Å². The molecular formula is C9H15N3O2. The van der Waals surface area contributed by atoms with Crippen LogP contribution in [0.25, 0.3) is 0 Å². The fourth-order valence-corrected chi connectivity index (χ4v) is 1.20. The minimum atomic E-state index is -1.00. The Bertz CT molecular complexity index is 309. The van der Waals surface area contributed by atoms with Crippen LogP contribution in [0.2, 0.25) is 0 Å². The van der Waals surface area contributed by atoms with Gasteiger partial charge in [-0.2, -0.15) is 0 Å². The summed E-state index contributed by atoms with van der Waals surface area (Å²) in [6.07, 6.45) is 3.94. The summed E-state index contributed by atoms with van der Waals surface area (Å²) in [5.41, 5.74) is 6.40. The second-order valence-corrected chi connectivity index (χ2v) is 3.25. The van der Waals surface area contributed by atoms with Gasteiger partial charge in [-0.3, -0.25) is 4.79 Å². The minimum absolute atomic E-state index is 0.249. The number of nitrogens with one attached hydrogen (secondary N) is 1. The zero-order valence-corrected chi connectivity index (χ0v) is 8.16. The number of aliphatic carboxylic acids is 1. The quantitative estimate of drug-likeness (QED) is 0.633. The number of aromatic amines is 1. The maximum atomic E-state index is 10.5. The number of aryl methyl sites for hydroxylation is 1. The Morgan fingerprint density at radius 1 is 1.79 bits per heavy atom. The van der Waals surface area contributed by atoms with Crippen LogP contribution in [0.4, 0.5) is 0 Å². The van der Waals surface area contributed by atoms with Crippen molar-refractivity contribution < 1.29 is 9.90 Å². The zero-order chi connectivity index (χ0) is 10.6. The Morgan fingerprint density at radius 2 is 2.50 bits per heavy atom. The number of rotatable bonds is 5. The number of aromatic nitrogens is 2. The maximum Gasteiger partial charge on any atom is 0.320 e. The molecule has 0 radical (unpaired) electrons. The van der Waals surface area contributed by atoms with E-state index in [0.717, 1.165) is 18.5 Å². The number of H-pyrrole nitrogens is 1. The SMILES string of the molecule is CCCc1cnc(CC(N)C(=O)O)[nH]1. The largest absolute Gasteiger partial charge is 0.480 e. The van der Waals surface area contributed by atoms with Crippen molar-refractivity contribution in [2.45, 2.75) is 32.2 Å². The van der Waals surface area contributed by atoms with Gasteiger partial charge >= 0.3 is 5.97 Å². The van der Waals surface area contributed by atoms with E-state index in [1.165, 1.54) is 0 Å². The molecule has 1 unspecified atom stereocenters. The van der Waals surface area contributed by atoms with Gasteiger partial charge in [-0.15, -0.1) is 0 Å². The molecule has 0 saturated carbocycles. The van der Waals surface area contributed by atoms with Crippen LogP contribution >= 0.6 is 0 Å². The smallest absolute Gasteiger partial charge is 0.320 e. The zero-order valence-electron chi connectivity index (χ0n) is 8.16. The van der Waals surface area contributed by atoms with Gasteiger partial charge in [0.2, 0.25) is 0 Å². The first-order valence-electron chi connectivity index (χ1n) is 4.64. The van der Waals surface area contributed by atoms with Crippen molar-refractivity contribution in [1.82, 2.24) is 9.97 Å². The number of carboxylic acids is 1. The first-order chi connectivity index (χ1) is 6.63. The highest BCUT2D eigenvalue weighted by Gasteiger charge is 2.13. The van der Waals surface area contributed by atoms with Crippen LogP contribution in [0.15, 0.2) is 6.20 Å². The summed E-state index contributed by atoms with van der Waals surface area (Å²) < 4.78 is 0. The van der Waals surface area contributed by atoms with E-state index < -0.39 is 12.0 Å². The van der Waals surface area contributed by atoms with Gasteiger partial charge in [-0.1, -0.05) is 13.3 Å². The third-order valence-electron chi connectivity index (χ3n) is 1.93. The van der Waals surface area contributed by atoms with Crippen molar-refractivity contribution in [3.63, 3.8) is 0 Å². The van der Waals surface area contributed by atoms with Crippen molar-refractivity contribution >= 4 is 5.97 Å². The lowest BCUT2D eigenvalue weighted by molar-refractivity contribution is -0.138. The van der Waals surface area contributed by atoms with Crippen LogP contribution < -0.4 is 5.73 Å². The topological polar surface area (TPSA) is 92.0 Å². The van der Waals surface area contributed by atoms with Gasteiger partial charge < -0.3 is 15.8 Å². The van der Waals surface area contributed by atoms with E-state index in [1.807, 2.05) is 0 Å². The molecule has 0 amide bonds. The third kappa shape index (κ3) is 2.85. The molecule has 78 valence electrons. The van der Waals surface area contributed by atoms with Crippen LogP contribution in [-0.2, 0) is 17.6 Å². The van der Waals surface area contributed by atoms with Crippen LogP contribution in [0.1, 0.15) is 24.9 Å². The summed E-state index contributed by atoms with van der Waals surface area (Å²) in [5, 5.41) is 8.59. The normalized spacial score (nSPS) is 12.7. The van der Waals surface area contributed by atoms with Crippen molar-refractivity contribution in [3.8, 4) is 0 Å². The number of carbonyl (C=O) groups is 1. The lowest BCUT2D eigenvalue weighted by Gasteiger charge is -2.02. The van der Waals surface area contributed by atoms with Gasteiger partial charge in [0.1, 0.15) is 11.9 Å². The van der Waals surface area contributed by atoms with E-state index in [-0.39, 0.29) is 6.42 Å². The molecule has 1 aromatic rings. The Labute approximate surface area is 82.3 Å². The lowest BCUT2D eigenvalue weighted by atomic mass is 10.2. The monoisotopic (exact) mass is 197 g/mol. The Balaban J connectivity index is 2.55. The van der Waals surface area contributed by atoms with E-state index in [0.29, 0.717) is 5.82 Å². The second kappa shape index (κ2) is 4.76. The second-order valence-electron chi connectivity index (χ2n) is 3.25. The van der Waals surface area contributed by atoms with E-state index in [4.69, 9.17) is 10.8 Å². The minimum Gasteiger partial charge on any atom is -0.480 e. The van der Waals surface area contributed by atoms with Crippen LogP contribution in [0.3, 0.4) is 0 Å². The summed E-state index contributed by atoms with van der Waals surface area (Å²) in [6.45, 7) is 2.07. The predicted molar refractivity (Wildman–Crippen MR) is 51.9 cm³/mol. The molecule has 4 N–H and O–H groups in total. The first kappa shape index (κ1) is 10.7. The molecule has 0 aliphatic carbocycles. The molecule has 1 rings (SSSR count). The summed E-state index contributed by atoms with van der Waals surface area (Å²) in [4.78, 5) is 17.6. The average molecular weight is 197 g/mol. The summed E-state index contributed by atoms with van der Waals surface area (Å²) in [7, 11) is 0. The van der Waals surface area contributed by atoms with Crippen molar-refractivity contribution in [3.05, 3.63) is 17.7 Å². The molecule has 1 heterocycles. The van der Waals surface area contributed by atoms with Gasteiger partial charge in [0.15, 0.2) is 0 Å². The summed E-state index contributed by atoms with van der Waals surface area (Å²) in [5.74, 6) is -0.359. The molecule has 5 heteroatoms. The summed E-state index contributed by atoms with van der Waals surface area (Å²) >= 11 is 0. The number of hydrogen-bond donors (Lipinski definition) is 3. The van der Waals surface area contributed by atoms with E-state index in [1.54, 1.807) is 6.20 Å². The van der Waals surface area contributed by atoms with E-state index in [9.17, 15) is 4.79 Å². The van der Waals surface area contributed by atoms with Crippen molar-refractivity contribution in [2.75, 3.05) is 0 Å². The highest BCUT2D eigenvalue weighted by atomic mass is 16.4. The Hall–Kier alpha value is -1.36. The fourth-order valence-electron chi connectivity index (χ4n) is 1.20. The van der Waals surface area contributed by atoms with E-state index >= 15 is 0 Å². The predicted octanol–water partition coefficient (Wildman–Crippen LogP) is 0.317. The van der Waals surface area contributed by atoms with E-state index in [2.05, 4.69) is 16.9 Å².